The van der Waals surface area contributed by atoms with Crippen LogP contribution in [0.15, 0.2) is 109 Å². The Labute approximate surface area is 172 Å². The highest BCUT2D eigenvalue weighted by atomic mass is 31.2. The first-order valence-corrected chi connectivity index (χ1v) is 11.4. The van der Waals surface area contributed by atoms with Gasteiger partial charge in [-0.25, -0.2) is 9.06 Å². The molecule has 1 nitrogen and oxygen atoms in total. The number of rotatable bonds is 5. The molecule has 144 valence electrons. The standard InChI is InChI=1S/C26H24FNP/c1-21-13-17-23(18-14-21)28(2)29(24-9-5-3-6-10-24,25-11-7-4-8-12-25)26-19-15-22(27)16-20-26/h3-20H,1-2H3/q+1. The summed E-state index contributed by atoms with van der Waals surface area (Å²) in [5.41, 5.74) is 2.37. The van der Waals surface area contributed by atoms with E-state index in [-0.39, 0.29) is 5.82 Å². The normalized spacial score (nSPS) is 11.3. The molecule has 0 aliphatic heterocycles. The molecule has 0 fully saturated rings. The van der Waals surface area contributed by atoms with Crippen LogP contribution in [0.1, 0.15) is 5.56 Å². The summed E-state index contributed by atoms with van der Waals surface area (Å²) in [5.74, 6) is -0.217. The lowest BCUT2D eigenvalue weighted by molar-refractivity contribution is 0.628. The molecule has 0 spiro atoms. The smallest absolute Gasteiger partial charge is 0.202 e. The third-order valence-corrected chi connectivity index (χ3v) is 9.59. The predicted molar refractivity (Wildman–Crippen MR) is 125 cm³/mol. The monoisotopic (exact) mass is 400 g/mol. The minimum Gasteiger partial charge on any atom is -0.237 e. The SMILES string of the molecule is Cc1ccc(N(C)[P+](c2ccccc2)(c2ccccc2)c2ccc(F)cc2)cc1. The summed E-state index contributed by atoms with van der Waals surface area (Å²) in [5, 5.41) is 3.60. The topological polar surface area (TPSA) is 3.24 Å². The highest BCUT2D eigenvalue weighted by molar-refractivity contribution is 7.96. The number of benzene rings is 4. The second kappa shape index (κ2) is 8.19. The van der Waals surface area contributed by atoms with Crippen molar-refractivity contribution in [1.29, 1.82) is 0 Å². The van der Waals surface area contributed by atoms with Crippen LogP contribution in [0.5, 0.6) is 0 Å². The first-order chi connectivity index (χ1) is 14.1. The fourth-order valence-corrected chi connectivity index (χ4v) is 8.05. The van der Waals surface area contributed by atoms with Gasteiger partial charge in [-0.2, -0.15) is 0 Å². The largest absolute Gasteiger partial charge is 0.237 e. The maximum atomic E-state index is 13.8. The average Bonchev–Trinajstić information content (AvgIpc) is 2.77. The Morgan fingerprint density at radius 1 is 0.586 bits per heavy atom. The van der Waals surface area contributed by atoms with Crippen molar-refractivity contribution in [2.75, 3.05) is 11.7 Å². The third kappa shape index (κ3) is 3.57. The van der Waals surface area contributed by atoms with Gasteiger partial charge in [-0.3, -0.25) is 0 Å². The second-order valence-corrected chi connectivity index (χ2v) is 10.6. The fourth-order valence-electron chi connectivity index (χ4n) is 3.84. The van der Waals surface area contributed by atoms with E-state index in [0.29, 0.717) is 0 Å². The van der Waals surface area contributed by atoms with Gasteiger partial charge in [0.2, 0.25) is 7.41 Å². The molecule has 0 saturated heterocycles. The van der Waals surface area contributed by atoms with Crippen LogP contribution in [0.4, 0.5) is 10.1 Å². The number of halogens is 1. The first-order valence-electron chi connectivity index (χ1n) is 9.69. The number of hydrogen-bond acceptors (Lipinski definition) is 1. The Hall–Kier alpha value is -2.96. The number of nitrogens with zero attached hydrogens (tertiary/aromatic N) is 1. The van der Waals surface area contributed by atoms with Gasteiger partial charge >= 0.3 is 0 Å². The summed E-state index contributed by atoms with van der Waals surface area (Å²) >= 11 is 0. The molecule has 4 aromatic rings. The predicted octanol–water partition coefficient (Wildman–Crippen LogP) is 5.48. The van der Waals surface area contributed by atoms with Gasteiger partial charge in [0.25, 0.3) is 0 Å². The third-order valence-electron chi connectivity index (χ3n) is 5.32. The summed E-state index contributed by atoms with van der Waals surface area (Å²) in [6.45, 7) is 2.10. The van der Waals surface area contributed by atoms with E-state index in [4.69, 9.17) is 0 Å². The molecule has 0 aliphatic carbocycles. The maximum absolute atomic E-state index is 13.8. The van der Waals surface area contributed by atoms with Crippen molar-refractivity contribution < 1.29 is 4.39 Å². The van der Waals surface area contributed by atoms with Gasteiger partial charge in [0.15, 0.2) is 0 Å². The second-order valence-electron chi connectivity index (χ2n) is 7.14. The van der Waals surface area contributed by atoms with E-state index in [2.05, 4.69) is 91.4 Å². The Balaban J connectivity index is 2.05. The summed E-state index contributed by atoms with van der Waals surface area (Å²) in [6.07, 6.45) is 0. The molecular formula is C26H24FNP+. The lowest BCUT2D eigenvalue weighted by Gasteiger charge is -2.35. The number of anilines is 1. The molecule has 0 atom stereocenters. The van der Waals surface area contributed by atoms with Gasteiger partial charge in [-0.15, -0.1) is 0 Å². The van der Waals surface area contributed by atoms with Crippen LogP contribution in [0.2, 0.25) is 0 Å². The number of aryl methyl sites for hydroxylation is 1. The Bertz CT molecular complexity index is 1020. The van der Waals surface area contributed by atoms with Gasteiger partial charge in [0.1, 0.15) is 21.7 Å². The van der Waals surface area contributed by atoms with Crippen LogP contribution < -0.4 is 20.6 Å². The van der Waals surface area contributed by atoms with Gasteiger partial charge in [-0.1, -0.05) is 54.1 Å². The molecule has 0 radical (unpaired) electrons. The zero-order valence-corrected chi connectivity index (χ0v) is 17.6. The Morgan fingerprint density at radius 3 is 1.52 bits per heavy atom. The van der Waals surface area contributed by atoms with E-state index >= 15 is 0 Å². The van der Waals surface area contributed by atoms with Gasteiger partial charge in [0, 0.05) is 7.05 Å². The summed E-state index contributed by atoms with van der Waals surface area (Å²) < 4.78 is 16.2. The van der Waals surface area contributed by atoms with E-state index in [1.54, 1.807) is 12.1 Å². The molecule has 29 heavy (non-hydrogen) atoms. The van der Waals surface area contributed by atoms with Crippen LogP contribution in [-0.2, 0) is 0 Å². The summed E-state index contributed by atoms with van der Waals surface area (Å²) in [6, 6.07) is 36.8. The van der Waals surface area contributed by atoms with Crippen molar-refractivity contribution in [3.8, 4) is 0 Å². The van der Waals surface area contributed by atoms with Gasteiger partial charge in [0.05, 0.1) is 5.69 Å². The zero-order valence-electron chi connectivity index (χ0n) is 16.7. The molecule has 0 heterocycles. The van der Waals surface area contributed by atoms with Crippen LogP contribution in [0.3, 0.4) is 0 Å². The molecule has 0 aromatic heterocycles. The minimum atomic E-state index is -2.23. The van der Waals surface area contributed by atoms with E-state index < -0.39 is 7.41 Å². The van der Waals surface area contributed by atoms with E-state index in [1.807, 2.05) is 24.3 Å². The van der Waals surface area contributed by atoms with Crippen molar-refractivity contribution >= 4 is 29.0 Å². The molecule has 0 amide bonds. The quantitative estimate of drug-likeness (QED) is 0.401. The van der Waals surface area contributed by atoms with Crippen LogP contribution >= 0.6 is 7.41 Å². The molecule has 0 unspecified atom stereocenters. The highest BCUT2D eigenvalue weighted by Gasteiger charge is 2.50. The molecule has 3 heteroatoms. The lowest BCUT2D eigenvalue weighted by Crippen LogP contribution is -2.41. The van der Waals surface area contributed by atoms with E-state index in [1.165, 1.54) is 16.2 Å². The molecular weight excluding hydrogens is 376 g/mol. The molecule has 0 aliphatic rings. The van der Waals surface area contributed by atoms with Crippen molar-refractivity contribution in [3.05, 3.63) is 121 Å². The van der Waals surface area contributed by atoms with Crippen molar-refractivity contribution in [2.24, 2.45) is 0 Å². The lowest BCUT2D eigenvalue weighted by atomic mass is 10.2. The average molecular weight is 400 g/mol. The van der Waals surface area contributed by atoms with Crippen LogP contribution in [-0.4, -0.2) is 7.05 Å². The molecule has 0 saturated carbocycles. The van der Waals surface area contributed by atoms with Gasteiger partial charge < -0.3 is 0 Å². The van der Waals surface area contributed by atoms with Crippen molar-refractivity contribution in [1.82, 2.24) is 0 Å². The van der Waals surface area contributed by atoms with E-state index in [9.17, 15) is 4.39 Å². The summed E-state index contributed by atoms with van der Waals surface area (Å²) in [4.78, 5) is 0. The molecule has 0 bridgehead atoms. The van der Waals surface area contributed by atoms with Gasteiger partial charge in [-0.05, 0) is 67.6 Å². The molecule has 4 aromatic carbocycles. The zero-order chi connectivity index (χ0) is 20.3. The Kier molecular flexibility index (Phi) is 5.47. The molecule has 4 rings (SSSR count). The molecule has 0 N–H and O–H groups in total. The maximum Gasteiger partial charge on any atom is 0.202 e. The Morgan fingerprint density at radius 2 is 1.03 bits per heavy atom. The van der Waals surface area contributed by atoms with E-state index in [0.717, 1.165) is 11.0 Å². The van der Waals surface area contributed by atoms with Crippen molar-refractivity contribution in [3.63, 3.8) is 0 Å². The fraction of sp³-hybridized carbons (Fsp3) is 0.0769. The summed E-state index contributed by atoms with van der Waals surface area (Å²) in [7, 11) is -0.0799. The van der Waals surface area contributed by atoms with Crippen molar-refractivity contribution in [2.45, 2.75) is 6.92 Å². The van der Waals surface area contributed by atoms with Crippen LogP contribution in [0.25, 0.3) is 0 Å². The van der Waals surface area contributed by atoms with Crippen LogP contribution in [0, 0.1) is 12.7 Å². The minimum absolute atomic E-state index is 0.217. The highest BCUT2D eigenvalue weighted by Crippen LogP contribution is 2.59. The number of hydrogen-bond donors (Lipinski definition) is 0. The first kappa shape index (κ1) is 19.4.